The van der Waals surface area contributed by atoms with E-state index in [-0.39, 0.29) is 24.4 Å². The second-order valence-electron chi connectivity index (χ2n) is 6.29. The molecule has 6 nitrogen and oxygen atoms in total. The molecule has 0 aliphatic carbocycles. The molecule has 4 amide bonds. The molecule has 1 fully saturated rings. The molecule has 26 heavy (non-hydrogen) atoms. The fraction of sp³-hybridized carbons (Fsp3) is 0.250. The van der Waals surface area contributed by atoms with E-state index in [4.69, 9.17) is 0 Å². The second-order valence-corrected chi connectivity index (χ2v) is 6.29. The molecule has 0 spiro atoms. The first-order chi connectivity index (χ1) is 12.5. The Bertz CT molecular complexity index is 808. The summed E-state index contributed by atoms with van der Waals surface area (Å²) in [5.74, 6) is -0.744. The van der Waals surface area contributed by atoms with Gasteiger partial charge in [0.05, 0.1) is 6.04 Å². The number of carbonyl (C=O) groups is 3. The topological polar surface area (TPSA) is 69.7 Å². The predicted octanol–water partition coefficient (Wildman–Crippen LogP) is 2.72. The molecule has 1 saturated heterocycles. The molecule has 1 N–H and O–H groups in total. The highest BCUT2D eigenvalue weighted by Gasteiger charge is 2.44. The molecule has 1 aliphatic rings. The van der Waals surface area contributed by atoms with Gasteiger partial charge in [0.15, 0.2) is 0 Å². The number of para-hydroxylation sites is 1. The zero-order valence-corrected chi connectivity index (χ0v) is 14.8. The third-order valence-corrected chi connectivity index (χ3v) is 4.46. The van der Waals surface area contributed by atoms with Crippen LogP contribution in [0.15, 0.2) is 60.7 Å². The van der Waals surface area contributed by atoms with Crippen LogP contribution in [-0.2, 0) is 9.59 Å². The molecule has 0 radical (unpaired) electrons. The summed E-state index contributed by atoms with van der Waals surface area (Å²) in [6.07, 6.45) is 0. The lowest BCUT2D eigenvalue weighted by Crippen LogP contribution is -2.42. The minimum absolute atomic E-state index is 0.209. The van der Waals surface area contributed by atoms with Crippen LogP contribution in [0, 0.1) is 0 Å². The molecule has 1 aliphatic heterocycles. The highest BCUT2D eigenvalue weighted by atomic mass is 16.2. The Labute approximate surface area is 152 Å². The van der Waals surface area contributed by atoms with E-state index in [1.54, 1.807) is 31.2 Å². The zero-order chi connectivity index (χ0) is 18.7. The van der Waals surface area contributed by atoms with Crippen molar-refractivity contribution in [2.75, 3.05) is 11.4 Å². The van der Waals surface area contributed by atoms with Gasteiger partial charge in [-0.3, -0.25) is 19.4 Å². The van der Waals surface area contributed by atoms with Crippen molar-refractivity contribution < 1.29 is 14.4 Å². The van der Waals surface area contributed by atoms with E-state index in [0.717, 1.165) is 10.5 Å². The van der Waals surface area contributed by atoms with Crippen LogP contribution in [0.2, 0.25) is 0 Å². The summed E-state index contributed by atoms with van der Waals surface area (Å²) in [5, 5.41) is 2.83. The maximum Gasteiger partial charge on any atom is 0.332 e. The van der Waals surface area contributed by atoms with Crippen molar-refractivity contribution in [3.63, 3.8) is 0 Å². The van der Waals surface area contributed by atoms with Crippen LogP contribution < -0.4 is 10.2 Å². The van der Waals surface area contributed by atoms with Crippen molar-refractivity contribution in [3.05, 3.63) is 66.2 Å². The van der Waals surface area contributed by atoms with Gasteiger partial charge in [0, 0.05) is 5.69 Å². The van der Waals surface area contributed by atoms with Crippen molar-refractivity contribution in [1.82, 2.24) is 10.2 Å². The average Bonchev–Trinajstić information content (AvgIpc) is 2.86. The summed E-state index contributed by atoms with van der Waals surface area (Å²) >= 11 is 0. The van der Waals surface area contributed by atoms with E-state index in [0.29, 0.717) is 5.69 Å². The lowest BCUT2D eigenvalue weighted by atomic mass is 10.1. The van der Waals surface area contributed by atoms with Gasteiger partial charge in [0.25, 0.3) is 5.91 Å². The summed E-state index contributed by atoms with van der Waals surface area (Å²) in [7, 11) is 0. The van der Waals surface area contributed by atoms with Gasteiger partial charge in [-0.15, -0.1) is 0 Å². The third kappa shape index (κ3) is 3.44. The number of carbonyl (C=O) groups excluding carboxylic acids is 3. The summed E-state index contributed by atoms with van der Waals surface area (Å²) in [5.41, 5.74) is 1.60. The van der Waals surface area contributed by atoms with Gasteiger partial charge in [0.2, 0.25) is 5.91 Å². The van der Waals surface area contributed by atoms with E-state index in [1.165, 1.54) is 4.90 Å². The Morgan fingerprint density at radius 1 is 1.04 bits per heavy atom. The van der Waals surface area contributed by atoms with Crippen LogP contribution in [0.4, 0.5) is 10.5 Å². The molecule has 2 aromatic rings. The number of anilines is 1. The van der Waals surface area contributed by atoms with Crippen LogP contribution in [0.25, 0.3) is 0 Å². The van der Waals surface area contributed by atoms with E-state index < -0.39 is 12.1 Å². The summed E-state index contributed by atoms with van der Waals surface area (Å²) in [4.78, 5) is 39.9. The lowest BCUT2D eigenvalue weighted by molar-refractivity contribution is -0.132. The minimum atomic E-state index is -0.635. The van der Waals surface area contributed by atoms with Gasteiger partial charge >= 0.3 is 6.03 Å². The molecule has 6 heteroatoms. The molecule has 2 aromatic carbocycles. The third-order valence-electron chi connectivity index (χ3n) is 4.46. The molecule has 134 valence electrons. The summed E-state index contributed by atoms with van der Waals surface area (Å²) in [6, 6.07) is 17.2. The quantitative estimate of drug-likeness (QED) is 0.842. The number of nitrogens with zero attached hydrogens (tertiary/aromatic N) is 2. The first kappa shape index (κ1) is 17.7. The summed E-state index contributed by atoms with van der Waals surface area (Å²) < 4.78 is 0. The number of nitrogens with one attached hydrogen (secondary N) is 1. The monoisotopic (exact) mass is 351 g/mol. The van der Waals surface area contributed by atoms with E-state index >= 15 is 0 Å². The molecular weight excluding hydrogens is 330 g/mol. The molecule has 0 aromatic heterocycles. The van der Waals surface area contributed by atoms with E-state index in [9.17, 15) is 14.4 Å². The minimum Gasteiger partial charge on any atom is -0.348 e. The molecule has 0 unspecified atom stereocenters. The molecule has 0 bridgehead atoms. The first-order valence-electron chi connectivity index (χ1n) is 8.53. The van der Waals surface area contributed by atoms with Gasteiger partial charge in [-0.2, -0.15) is 0 Å². The zero-order valence-electron chi connectivity index (χ0n) is 14.8. The van der Waals surface area contributed by atoms with Crippen LogP contribution in [0.5, 0.6) is 0 Å². The van der Waals surface area contributed by atoms with Crippen LogP contribution >= 0.6 is 0 Å². The second kappa shape index (κ2) is 7.39. The van der Waals surface area contributed by atoms with Gasteiger partial charge in [-0.25, -0.2) is 4.79 Å². The largest absolute Gasteiger partial charge is 0.348 e. The number of benzene rings is 2. The van der Waals surface area contributed by atoms with Crippen molar-refractivity contribution >= 4 is 23.5 Å². The van der Waals surface area contributed by atoms with E-state index in [2.05, 4.69) is 5.32 Å². The normalized spacial score (nSPS) is 18.2. The lowest BCUT2D eigenvalue weighted by Gasteiger charge is -2.20. The smallest absolute Gasteiger partial charge is 0.332 e. The fourth-order valence-corrected chi connectivity index (χ4v) is 3.05. The first-order valence-corrected chi connectivity index (χ1v) is 8.53. The maximum atomic E-state index is 12.7. The Hall–Kier alpha value is -3.15. The van der Waals surface area contributed by atoms with Crippen molar-refractivity contribution in [2.45, 2.75) is 25.9 Å². The average molecular weight is 351 g/mol. The number of urea groups is 1. The van der Waals surface area contributed by atoms with Crippen LogP contribution in [0.1, 0.15) is 25.5 Å². The van der Waals surface area contributed by atoms with Crippen molar-refractivity contribution in [1.29, 1.82) is 0 Å². The molecule has 2 atom stereocenters. The predicted molar refractivity (Wildman–Crippen MR) is 98.5 cm³/mol. The van der Waals surface area contributed by atoms with Gasteiger partial charge in [-0.05, 0) is 31.5 Å². The Morgan fingerprint density at radius 3 is 2.23 bits per heavy atom. The Kier molecular flexibility index (Phi) is 5.02. The highest BCUT2D eigenvalue weighted by molar-refractivity contribution is 6.15. The van der Waals surface area contributed by atoms with Gasteiger partial charge < -0.3 is 5.32 Å². The fourth-order valence-electron chi connectivity index (χ4n) is 3.05. The number of rotatable bonds is 5. The van der Waals surface area contributed by atoms with E-state index in [1.807, 2.05) is 43.3 Å². The number of hydrogen-bond acceptors (Lipinski definition) is 3. The maximum absolute atomic E-state index is 12.7. The SMILES string of the molecule is C[C@H](NC(=O)CN1C(=O)[C@H](C)N(c2ccccc2)C1=O)c1ccccc1. The Balaban J connectivity index is 1.68. The molecule has 1 heterocycles. The highest BCUT2D eigenvalue weighted by Crippen LogP contribution is 2.25. The van der Waals surface area contributed by atoms with Crippen molar-refractivity contribution in [3.8, 4) is 0 Å². The van der Waals surface area contributed by atoms with Gasteiger partial charge in [0.1, 0.15) is 12.6 Å². The number of hydrogen-bond donors (Lipinski definition) is 1. The number of amides is 4. The molecular formula is C20H21N3O3. The van der Waals surface area contributed by atoms with Crippen molar-refractivity contribution in [2.24, 2.45) is 0 Å². The summed E-state index contributed by atoms with van der Waals surface area (Å²) in [6.45, 7) is 3.24. The number of imide groups is 1. The van der Waals surface area contributed by atoms with Gasteiger partial charge in [-0.1, -0.05) is 48.5 Å². The van der Waals surface area contributed by atoms with Crippen LogP contribution in [-0.4, -0.2) is 35.3 Å². The Morgan fingerprint density at radius 2 is 1.62 bits per heavy atom. The molecule has 3 rings (SSSR count). The van der Waals surface area contributed by atoms with Crippen LogP contribution in [0.3, 0.4) is 0 Å². The molecule has 0 saturated carbocycles. The standard InChI is InChI=1S/C20H21N3O3/c1-14(16-9-5-3-6-10-16)21-18(24)13-22-19(25)15(2)23(20(22)26)17-11-7-4-8-12-17/h3-12,14-15H,13H2,1-2H3,(H,21,24)/t14-,15-/m0/s1.